The van der Waals surface area contributed by atoms with Crippen molar-refractivity contribution >= 4 is 11.7 Å². The van der Waals surface area contributed by atoms with Crippen molar-refractivity contribution in [2.45, 2.75) is 19.8 Å². The van der Waals surface area contributed by atoms with Crippen molar-refractivity contribution in [2.75, 3.05) is 25.6 Å². The van der Waals surface area contributed by atoms with E-state index in [4.69, 9.17) is 0 Å². The Kier molecular flexibility index (Phi) is 4.35. The third-order valence-corrected chi connectivity index (χ3v) is 2.59. The monoisotopic (exact) mass is 221 g/mol. The van der Waals surface area contributed by atoms with Gasteiger partial charge in [-0.05, 0) is 23.6 Å². The van der Waals surface area contributed by atoms with Crippen LogP contribution in [0.25, 0.3) is 0 Å². The van der Waals surface area contributed by atoms with Crippen LogP contribution >= 0.6 is 0 Å². The number of rotatable bonds is 4. The number of methoxy groups -OCH3 is 1. The van der Waals surface area contributed by atoms with Gasteiger partial charge in [0, 0.05) is 12.7 Å². The molecule has 0 radical (unpaired) electrons. The Labute approximate surface area is 97.0 Å². The Hall–Kier alpha value is -1.51. The van der Waals surface area contributed by atoms with Crippen molar-refractivity contribution < 1.29 is 9.53 Å². The van der Waals surface area contributed by atoms with E-state index in [0.717, 1.165) is 5.69 Å². The fourth-order valence-corrected chi connectivity index (χ4v) is 1.46. The lowest BCUT2D eigenvalue weighted by molar-refractivity contribution is -0.138. The molecule has 0 N–H and O–H groups in total. The molecular formula is C13H19NO2. The van der Waals surface area contributed by atoms with Crippen LogP contribution in [0.1, 0.15) is 25.3 Å². The summed E-state index contributed by atoms with van der Waals surface area (Å²) in [5.41, 5.74) is 2.32. The number of carbonyl (C=O) groups excluding carboxylic acids is 1. The molecule has 0 heterocycles. The lowest BCUT2D eigenvalue weighted by atomic mass is 10.0. The summed E-state index contributed by atoms with van der Waals surface area (Å²) in [5, 5.41) is 0. The molecule has 0 aliphatic carbocycles. The Morgan fingerprint density at radius 2 is 1.88 bits per heavy atom. The van der Waals surface area contributed by atoms with E-state index in [0.29, 0.717) is 5.92 Å². The highest BCUT2D eigenvalue weighted by Gasteiger charge is 2.07. The van der Waals surface area contributed by atoms with Gasteiger partial charge in [-0.1, -0.05) is 26.0 Å². The first kappa shape index (κ1) is 12.6. The summed E-state index contributed by atoms with van der Waals surface area (Å²) < 4.78 is 4.62. The summed E-state index contributed by atoms with van der Waals surface area (Å²) in [4.78, 5) is 13.0. The molecule has 0 aliphatic rings. The zero-order valence-electron chi connectivity index (χ0n) is 10.4. The van der Waals surface area contributed by atoms with Gasteiger partial charge in [0.05, 0.1) is 7.11 Å². The second kappa shape index (κ2) is 5.54. The van der Waals surface area contributed by atoms with Crippen LogP contribution in [0, 0.1) is 0 Å². The summed E-state index contributed by atoms with van der Waals surface area (Å²) in [5.74, 6) is 0.301. The molecule has 0 spiro atoms. The molecule has 0 atom stereocenters. The molecule has 16 heavy (non-hydrogen) atoms. The maximum atomic E-state index is 11.1. The molecule has 1 aromatic carbocycles. The first-order chi connectivity index (χ1) is 7.54. The fourth-order valence-electron chi connectivity index (χ4n) is 1.46. The summed E-state index contributed by atoms with van der Waals surface area (Å²) in [7, 11) is 3.28. The minimum atomic E-state index is -0.226. The molecule has 1 rings (SSSR count). The number of esters is 1. The Balaban J connectivity index is 2.70. The van der Waals surface area contributed by atoms with Gasteiger partial charge in [-0.2, -0.15) is 0 Å². The minimum Gasteiger partial charge on any atom is -0.468 e. The topological polar surface area (TPSA) is 29.5 Å². The van der Waals surface area contributed by atoms with Gasteiger partial charge in [-0.25, -0.2) is 0 Å². The third-order valence-electron chi connectivity index (χ3n) is 2.59. The Bertz CT molecular complexity index is 343. The number of hydrogen-bond acceptors (Lipinski definition) is 3. The van der Waals surface area contributed by atoms with E-state index >= 15 is 0 Å². The maximum Gasteiger partial charge on any atom is 0.325 e. The number of nitrogens with zero attached hydrogens (tertiary/aromatic N) is 1. The summed E-state index contributed by atoms with van der Waals surface area (Å²) >= 11 is 0. The molecule has 0 aliphatic heterocycles. The molecule has 0 bridgehead atoms. The summed E-state index contributed by atoms with van der Waals surface area (Å²) in [6.07, 6.45) is 0. The van der Waals surface area contributed by atoms with E-state index in [9.17, 15) is 4.79 Å². The van der Waals surface area contributed by atoms with Crippen molar-refractivity contribution in [2.24, 2.45) is 0 Å². The van der Waals surface area contributed by atoms with E-state index in [2.05, 4.69) is 30.7 Å². The van der Waals surface area contributed by atoms with E-state index in [-0.39, 0.29) is 12.5 Å². The predicted molar refractivity (Wildman–Crippen MR) is 65.8 cm³/mol. The molecule has 0 fully saturated rings. The molecule has 3 nitrogen and oxygen atoms in total. The molecule has 88 valence electrons. The Morgan fingerprint density at radius 3 is 2.31 bits per heavy atom. The van der Waals surface area contributed by atoms with Gasteiger partial charge in [0.2, 0.25) is 0 Å². The normalized spacial score (nSPS) is 10.3. The van der Waals surface area contributed by atoms with Crippen LogP contribution in [0.3, 0.4) is 0 Å². The molecule has 0 saturated heterocycles. The molecule has 0 aromatic heterocycles. The van der Waals surface area contributed by atoms with Crippen LogP contribution in [-0.4, -0.2) is 26.7 Å². The highest BCUT2D eigenvalue weighted by molar-refractivity contribution is 5.75. The largest absolute Gasteiger partial charge is 0.468 e. The zero-order chi connectivity index (χ0) is 12.1. The number of likely N-dealkylation sites (N-methyl/N-ethyl adjacent to an activating group) is 1. The first-order valence-corrected chi connectivity index (χ1v) is 5.42. The second-order valence-electron chi connectivity index (χ2n) is 4.18. The van der Waals surface area contributed by atoms with Crippen molar-refractivity contribution in [3.8, 4) is 0 Å². The van der Waals surface area contributed by atoms with Crippen molar-refractivity contribution in [1.82, 2.24) is 0 Å². The number of carbonyl (C=O) groups is 1. The zero-order valence-corrected chi connectivity index (χ0v) is 10.4. The summed E-state index contributed by atoms with van der Waals surface area (Å²) in [6.45, 7) is 4.60. The molecule has 0 amide bonds. The maximum absolute atomic E-state index is 11.1. The predicted octanol–water partition coefficient (Wildman–Crippen LogP) is 2.42. The van der Waals surface area contributed by atoms with Crippen molar-refractivity contribution in [1.29, 1.82) is 0 Å². The van der Waals surface area contributed by atoms with Gasteiger partial charge in [0.15, 0.2) is 0 Å². The van der Waals surface area contributed by atoms with Gasteiger partial charge in [-0.3, -0.25) is 4.79 Å². The van der Waals surface area contributed by atoms with E-state index in [1.807, 2.05) is 24.1 Å². The Morgan fingerprint density at radius 1 is 1.31 bits per heavy atom. The minimum absolute atomic E-state index is 0.226. The number of anilines is 1. The van der Waals surface area contributed by atoms with Crippen LogP contribution in [0.2, 0.25) is 0 Å². The highest BCUT2D eigenvalue weighted by atomic mass is 16.5. The molecule has 0 unspecified atom stereocenters. The molecular weight excluding hydrogens is 202 g/mol. The van der Waals surface area contributed by atoms with Gasteiger partial charge in [0.25, 0.3) is 0 Å². The third kappa shape index (κ3) is 3.26. The molecule has 1 aromatic rings. The SMILES string of the molecule is COC(=O)CN(C)c1ccc(C(C)C)cc1. The second-order valence-corrected chi connectivity index (χ2v) is 4.18. The van der Waals surface area contributed by atoms with Gasteiger partial charge in [-0.15, -0.1) is 0 Å². The van der Waals surface area contributed by atoms with Crippen LogP contribution in [-0.2, 0) is 9.53 Å². The lowest BCUT2D eigenvalue weighted by Crippen LogP contribution is -2.26. The van der Waals surface area contributed by atoms with Gasteiger partial charge >= 0.3 is 5.97 Å². The van der Waals surface area contributed by atoms with Crippen LogP contribution in [0.4, 0.5) is 5.69 Å². The van der Waals surface area contributed by atoms with E-state index < -0.39 is 0 Å². The van der Waals surface area contributed by atoms with E-state index in [1.54, 1.807) is 0 Å². The smallest absolute Gasteiger partial charge is 0.325 e. The van der Waals surface area contributed by atoms with Crippen LogP contribution < -0.4 is 4.90 Å². The quantitative estimate of drug-likeness (QED) is 0.731. The molecule has 0 saturated carbocycles. The van der Waals surface area contributed by atoms with Crippen LogP contribution in [0.15, 0.2) is 24.3 Å². The molecule has 3 heteroatoms. The van der Waals surface area contributed by atoms with Crippen LogP contribution in [0.5, 0.6) is 0 Å². The number of ether oxygens (including phenoxy) is 1. The standard InChI is InChI=1S/C13H19NO2/c1-10(2)11-5-7-12(8-6-11)14(3)9-13(15)16-4/h5-8,10H,9H2,1-4H3. The first-order valence-electron chi connectivity index (χ1n) is 5.42. The lowest BCUT2D eigenvalue weighted by Gasteiger charge is -2.18. The highest BCUT2D eigenvalue weighted by Crippen LogP contribution is 2.19. The average molecular weight is 221 g/mol. The number of hydrogen-bond donors (Lipinski definition) is 0. The average Bonchev–Trinajstić information content (AvgIpc) is 2.28. The van der Waals surface area contributed by atoms with Gasteiger partial charge < -0.3 is 9.64 Å². The van der Waals surface area contributed by atoms with Crippen molar-refractivity contribution in [3.63, 3.8) is 0 Å². The summed E-state index contributed by atoms with van der Waals surface area (Å²) in [6, 6.07) is 8.23. The van der Waals surface area contributed by atoms with Crippen molar-refractivity contribution in [3.05, 3.63) is 29.8 Å². The van der Waals surface area contributed by atoms with Gasteiger partial charge in [0.1, 0.15) is 6.54 Å². The number of benzene rings is 1. The van der Waals surface area contributed by atoms with E-state index in [1.165, 1.54) is 12.7 Å². The fraction of sp³-hybridized carbons (Fsp3) is 0.462.